The summed E-state index contributed by atoms with van der Waals surface area (Å²) < 4.78 is 39.6. The van der Waals surface area contributed by atoms with E-state index in [1.807, 2.05) is 0 Å². The van der Waals surface area contributed by atoms with Gasteiger partial charge in [-0.15, -0.1) is 10.2 Å². The minimum Gasteiger partial charge on any atom is -0.358 e. The minimum atomic E-state index is -4.43. The molecule has 0 aliphatic carbocycles. The molecule has 0 unspecified atom stereocenters. The first kappa shape index (κ1) is 17.3. The summed E-state index contributed by atoms with van der Waals surface area (Å²) in [6.45, 7) is 0.350. The van der Waals surface area contributed by atoms with Gasteiger partial charge in [0.2, 0.25) is 5.91 Å². The van der Waals surface area contributed by atoms with Crippen molar-refractivity contribution in [2.75, 3.05) is 7.05 Å². The number of rotatable bonds is 5. The Bertz CT molecular complexity index is 674. The van der Waals surface area contributed by atoms with Crippen LogP contribution in [0.2, 0.25) is 0 Å². The van der Waals surface area contributed by atoms with E-state index in [1.54, 1.807) is 19.1 Å². The Labute approximate surface area is 134 Å². The fourth-order valence-corrected chi connectivity index (χ4v) is 2.73. The van der Waals surface area contributed by atoms with Gasteiger partial charge in [-0.2, -0.15) is 13.2 Å². The zero-order valence-electron chi connectivity index (χ0n) is 12.3. The Morgan fingerprint density at radius 3 is 2.57 bits per heavy atom. The van der Waals surface area contributed by atoms with Crippen molar-refractivity contribution in [2.45, 2.75) is 30.1 Å². The van der Waals surface area contributed by atoms with Gasteiger partial charge in [0.25, 0.3) is 0 Å². The molecule has 23 heavy (non-hydrogen) atoms. The molecule has 0 bridgehead atoms. The lowest BCUT2D eigenvalue weighted by Crippen LogP contribution is -2.28. The lowest BCUT2D eigenvalue weighted by Gasteiger charge is -2.14. The number of aromatic nitrogens is 4. The van der Waals surface area contributed by atoms with Crippen molar-refractivity contribution >= 4 is 17.7 Å². The number of thioether (sulfide) groups is 1. The summed E-state index contributed by atoms with van der Waals surface area (Å²) in [6.07, 6.45) is -1.51. The van der Waals surface area contributed by atoms with Crippen molar-refractivity contribution in [1.29, 1.82) is 0 Å². The highest BCUT2D eigenvalue weighted by molar-refractivity contribution is 8.00. The molecule has 2 aromatic heterocycles. The topological polar surface area (TPSA) is 72.7 Å². The van der Waals surface area contributed by atoms with Crippen LogP contribution in [0.25, 0.3) is 11.4 Å². The molecule has 0 spiro atoms. The third-order valence-electron chi connectivity index (χ3n) is 2.89. The van der Waals surface area contributed by atoms with Gasteiger partial charge in [-0.3, -0.25) is 14.3 Å². The van der Waals surface area contributed by atoms with E-state index in [9.17, 15) is 18.0 Å². The van der Waals surface area contributed by atoms with Crippen LogP contribution in [-0.4, -0.2) is 44.1 Å². The molecule has 124 valence electrons. The van der Waals surface area contributed by atoms with Gasteiger partial charge >= 0.3 is 6.18 Å². The second-order valence-corrected chi connectivity index (χ2v) is 5.93. The number of hydrogen-bond acceptors (Lipinski definition) is 5. The molecule has 0 aliphatic heterocycles. The molecule has 1 atom stereocenters. The molecule has 0 aromatic carbocycles. The van der Waals surface area contributed by atoms with Crippen molar-refractivity contribution in [1.82, 2.24) is 25.1 Å². The predicted molar refractivity (Wildman–Crippen MR) is 78.7 cm³/mol. The first-order chi connectivity index (χ1) is 10.8. The summed E-state index contributed by atoms with van der Waals surface area (Å²) in [4.78, 5) is 15.4. The van der Waals surface area contributed by atoms with Crippen LogP contribution in [0.1, 0.15) is 6.92 Å². The highest BCUT2D eigenvalue weighted by Gasteiger charge is 2.32. The van der Waals surface area contributed by atoms with Crippen LogP contribution in [0.4, 0.5) is 13.2 Å². The number of pyridine rings is 1. The van der Waals surface area contributed by atoms with E-state index in [1.165, 1.54) is 19.4 Å². The molecule has 0 fully saturated rings. The highest BCUT2D eigenvalue weighted by atomic mass is 32.2. The van der Waals surface area contributed by atoms with Gasteiger partial charge in [0.15, 0.2) is 11.0 Å². The Balaban J connectivity index is 2.39. The number of amides is 1. The van der Waals surface area contributed by atoms with Crippen LogP contribution in [0.5, 0.6) is 0 Å². The normalized spacial score (nSPS) is 12.9. The zero-order chi connectivity index (χ0) is 17.0. The van der Waals surface area contributed by atoms with E-state index in [2.05, 4.69) is 20.5 Å². The minimum absolute atomic E-state index is 0.0326. The van der Waals surface area contributed by atoms with Crippen LogP contribution in [0.3, 0.4) is 0 Å². The maximum absolute atomic E-state index is 12.9. The summed E-state index contributed by atoms with van der Waals surface area (Å²) >= 11 is 0.921. The summed E-state index contributed by atoms with van der Waals surface area (Å²) in [6, 6.07) is 3.10. The number of nitrogens with zero attached hydrogens (tertiary/aromatic N) is 4. The van der Waals surface area contributed by atoms with E-state index in [0.717, 1.165) is 16.3 Å². The molecule has 0 saturated heterocycles. The van der Waals surface area contributed by atoms with E-state index >= 15 is 0 Å². The summed E-state index contributed by atoms with van der Waals surface area (Å²) in [5.41, 5.74) is 0.469. The predicted octanol–water partition coefficient (Wildman–Crippen LogP) is 2.13. The van der Waals surface area contributed by atoms with E-state index in [-0.39, 0.29) is 16.9 Å². The molecule has 0 saturated carbocycles. The number of halogens is 3. The fraction of sp³-hybridized carbons (Fsp3) is 0.385. The Morgan fingerprint density at radius 1 is 1.35 bits per heavy atom. The SMILES string of the molecule is CNC(=O)[C@H](C)Sc1nnc(-c2ccncc2)n1CC(F)(F)F. The third-order valence-corrected chi connectivity index (χ3v) is 3.97. The van der Waals surface area contributed by atoms with Crippen molar-refractivity contribution < 1.29 is 18.0 Å². The first-order valence-electron chi connectivity index (χ1n) is 6.60. The van der Waals surface area contributed by atoms with Gasteiger partial charge in [0.1, 0.15) is 6.54 Å². The molecule has 1 amide bonds. The second kappa shape index (κ2) is 6.99. The molecular formula is C13H14F3N5OS. The van der Waals surface area contributed by atoms with Crippen molar-refractivity contribution in [3.63, 3.8) is 0 Å². The highest BCUT2D eigenvalue weighted by Crippen LogP contribution is 2.30. The number of carbonyl (C=O) groups excluding carboxylic acids is 1. The average Bonchev–Trinajstić information content (AvgIpc) is 2.88. The quantitative estimate of drug-likeness (QED) is 0.841. The van der Waals surface area contributed by atoms with Crippen molar-refractivity contribution in [2.24, 2.45) is 0 Å². The fourth-order valence-electron chi connectivity index (χ4n) is 1.83. The molecule has 0 radical (unpaired) electrons. The van der Waals surface area contributed by atoms with Crippen LogP contribution >= 0.6 is 11.8 Å². The smallest absolute Gasteiger partial charge is 0.358 e. The van der Waals surface area contributed by atoms with Gasteiger partial charge in [0.05, 0.1) is 5.25 Å². The van der Waals surface area contributed by atoms with Gasteiger partial charge < -0.3 is 5.32 Å². The van der Waals surface area contributed by atoms with Gasteiger partial charge in [0, 0.05) is 25.0 Å². The molecule has 2 aromatic rings. The van der Waals surface area contributed by atoms with Crippen LogP contribution in [0.15, 0.2) is 29.7 Å². The van der Waals surface area contributed by atoms with E-state index < -0.39 is 18.0 Å². The molecule has 0 aliphatic rings. The molecule has 10 heteroatoms. The third kappa shape index (κ3) is 4.44. The Kier molecular flexibility index (Phi) is 5.24. The Morgan fingerprint density at radius 2 is 2.00 bits per heavy atom. The van der Waals surface area contributed by atoms with Crippen LogP contribution < -0.4 is 5.32 Å². The monoisotopic (exact) mass is 345 g/mol. The average molecular weight is 345 g/mol. The zero-order valence-corrected chi connectivity index (χ0v) is 13.1. The van der Waals surface area contributed by atoms with E-state index in [0.29, 0.717) is 5.56 Å². The van der Waals surface area contributed by atoms with Crippen LogP contribution in [0, 0.1) is 0 Å². The second-order valence-electron chi connectivity index (χ2n) is 4.62. The lowest BCUT2D eigenvalue weighted by molar-refractivity contribution is -0.141. The number of hydrogen-bond donors (Lipinski definition) is 1. The summed E-state index contributed by atoms with van der Waals surface area (Å²) in [7, 11) is 1.46. The molecule has 2 rings (SSSR count). The van der Waals surface area contributed by atoms with Gasteiger partial charge in [-0.05, 0) is 19.1 Å². The standard InChI is InChI=1S/C13H14F3N5OS/c1-8(11(22)17-2)23-12-20-19-10(9-3-5-18-6-4-9)21(12)7-13(14,15)16/h3-6,8H,7H2,1-2H3,(H,17,22)/t8-/m0/s1. The van der Waals surface area contributed by atoms with Gasteiger partial charge in [-0.1, -0.05) is 11.8 Å². The number of carbonyl (C=O) groups is 1. The lowest BCUT2D eigenvalue weighted by atomic mass is 10.2. The van der Waals surface area contributed by atoms with Crippen molar-refractivity contribution in [3.05, 3.63) is 24.5 Å². The molecule has 2 heterocycles. The largest absolute Gasteiger partial charge is 0.406 e. The van der Waals surface area contributed by atoms with Gasteiger partial charge in [-0.25, -0.2) is 0 Å². The molecule has 6 nitrogen and oxygen atoms in total. The number of alkyl halides is 3. The van der Waals surface area contributed by atoms with Crippen LogP contribution in [-0.2, 0) is 11.3 Å². The maximum Gasteiger partial charge on any atom is 0.406 e. The number of nitrogens with one attached hydrogen (secondary N) is 1. The summed E-state index contributed by atoms with van der Waals surface area (Å²) in [5.74, 6) is -0.224. The first-order valence-corrected chi connectivity index (χ1v) is 7.48. The molecular weight excluding hydrogens is 331 g/mol. The molecule has 1 N–H and O–H groups in total. The van der Waals surface area contributed by atoms with E-state index in [4.69, 9.17) is 0 Å². The summed E-state index contributed by atoms with van der Waals surface area (Å²) in [5, 5.41) is 9.53. The Hall–Kier alpha value is -2.10. The van der Waals surface area contributed by atoms with Crippen molar-refractivity contribution in [3.8, 4) is 11.4 Å². The maximum atomic E-state index is 12.9.